The van der Waals surface area contributed by atoms with Gasteiger partial charge in [0.25, 0.3) is 0 Å². The van der Waals surface area contributed by atoms with E-state index < -0.39 is 5.54 Å². The van der Waals surface area contributed by atoms with Crippen molar-refractivity contribution in [2.45, 2.75) is 45.1 Å². The van der Waals surface area contributed by atoms with Gasteiger partial charge in [-0.05, 0) is 33.2 Å². The Morgan fingerprint density at radius 3 is 2.57 bits per heavy atom. The third-order valence-corrected chi connectivity index (χ3v) is 1.92. The number of carbonyl (C=O) groups is 1. The Morgan fingerprint density at radius 1 is 1.43 bits per heavy atom. The highest BCUT2D eigenvalue weighted by atomic mass is 16.1. The number of rotatable bonds is 6. The zero-order valence-corrected chi connectivity index (χ0v) is 9.10. The fourth-order valence-electron chi connectivity index (χ4n) is 1.05. The molecule has 0 saturated heterocycles. The predicted molar refractivity (Wildman–Crippen MR) is 58.6 cm³/mol. The molecule has 14 heavy (non-hydrogen) atoms. The molecule has 0 aliphatic rings. The van der Waals surface area contributed by atoms with Crippen LogP contribution >= 0.6 is 0 Å². The van der Waals surface area contributed by atoms with E-state index in [0.29, 0.717) is 13.0 Å². The summed E-state index contributed by atoms with van der Waals surface area (Å²) >= 11 is 0. The minimum absolute atomic E-state index is 0.0185. The van der Waals surface area contributed by atoms with Gasteiger partial charge in [-0.3, -0.25) is 4.79 Å². The third-order valence-electron chi connectivity index (χ3n) is 1.92. The van der Waals surface area contributed by atoms with E-state index in [4.69, 9.17) is 12.2 Å². The highest BCUT2D eigenvalue weighted by Crippen LogP contribution is 2.03. The van der Waals surface area contributed by atoms with E-state index in [-0.39, 0.29) is 5.91 Å². The summed E-state index contributed by atoms with van der Waals surface area (Å²) in [6.45, 7) is 4.31. The summed E-state index contributed by atoms with van der Waals surface area (Å²) in [7, 11) is 0. The van der Waals surface area contributed by atoms with Crippen molar-refractivity contribution < 1.29 is 4.79 Å². The minimum Gasteiger partial charge on any atom is -0.340 e. The van der Waals surface area contributed by atoms with Crippen LogP contribution in [-0.2, 0) is 4.79 Å². The highest BCUT2D eigenvalue weighted by Gasteiger charge is 2.15. The number of nitrogens with one attached hydrogen (secondary N) is 1. The van der Waals surface area contributed by atoms with Crippen molar-refractivity contribution in [1.29, 1.82) is 0 Å². The first-order valence-corrected chi connectivity index (χ1v) is 5.00. The highest BCUT2D eigenvalue weighted by molar-refractivity contribution is 5.77. The molecule has 0 rings (SSSR count). The second-order valence-electron chi connectivity index (χ2n) is 3.92. The molecular weight excluding hydrogens is 176 g/mol. The summed E-state index contributed by atoms with van der Waals surface area (Å²) in [5, 5.41) is 2.78. The Hall–Kier alpha value is -1.01. The molecular formula is C11H20N2O. The van der Waals surface area contributed by atoms with Gasteiger partial charge in [0, 0.05) is 6.42 Å². The monoisotopic (exact) mass is 196 g/mol. The van der Waals surface area contributed by atoms with Crippen LogP contribution in [0.5, 0.6) is 0 Å². The van der Waals surface area contributed by atoms with Gasteiger partial charge in [0.15, 0.2) is 0 Å². The van der Waals surface area contributed by atoms with Gasteiger partial charge in [0.05, 0.1) is 5.54 Å². The summed E-state index contributed by atoms with van der Waals surface area (Å²) in [5.74, 6) is 2.54. The van der Waals surface area contributed by atoms with Crippen LogP contribution in [0.2, 0.25) is 0 Å². The molecule has 0 spiro atoms. The van der Waals surface area contributed by atoms with Crippen molar-refractivity contribution in [1.82, 2.24) is 5.32 Å². The molecule has 3 N–H and O–H groups in total. The van der Waals surface area contributed by atoms with Crippen LogP contribution in [0, 0.1) is 12.3 Å². The van der Waals surface area contributed by atoms with E-state index in [0.717, 1.165) is 19.3 Å². The van der Waals surface area contributed by atoms with Crippen LogP contribution in [0.3, 0.4) is 0 Å². The van der Waals surface area contributed by atoms with Gasteiger partial charge in [-0.2, -0.15) is 0 Å². The average molecular weight is 196 g/mol. The van der Waals surface area contributed by atoms with E-state index in [2.05, 4.69) is 11.2 Å². The Balaban J connectivity index is 3.62. The lowest BCUT2D eigenvalue weighted by molar-refractivity contribution is -0.122. The lowest BCUT2D eigenvalue weighted by Gasteiger charge is -2.19. The van der Waals surface area contributed by atoms with Crippen molar-refractivity contribution >= 4 is 5.91 Å². The third kappa shape index (κ3) is 6.50. The lowest BCUT2D eigenvalue weighted by Crippen LogP contribution is -2.41. The molecule has 1 amide bonds. The molecule has 3 nitrogen and oxygen atoms in total. The van der Waals surface area contributed by atoms with Crippen LogP contribution in [0.1, 0.15) is 39.5 Å². The molecule has 0 bridgehead atoms. The normalized spacial score (nSPS) is 10.7. The van der Waals surface area contributed by atoms with Crippen LogP contribution in [0.4, 0.5) is 0 Å². The van der Waals surface area contributed by atoms with E-state index in [1.54, 1.807) is 0 Å². The van der Waals surface area contributed by atoms with E-state index in [9.17, 15) is 4.79 Å². The fourth-order valence-corrected chi connectivity index (χ4v) is 1.05. The Morgan fingerprint density at radius 2 is 2.07 bits per heavy atom. The first-order valence-electron chi connectivity index (χ1n) is 5.00. The van der Waals surface area contributed by atoms with Crippen molar-refractivity contribution in [3.05, 3.63) is 0 Å². The molecule has 0 saturated carbocycles. The maximum Gasteiger partial charge on any atom is 0.221 e. The first kappa shape index (κ1) is 13.0. The van der Waals surface area contributed by atoms with Crippen molar-refractivity contribution in [3.63, 3.8) is 0 Å². The SMILES string of the molecule is C#CC(C)(C)NC(=O)CCCCCN. The Bertz CT molecular complexity index is 216. The van der Waals surface area contributed by atoms with Gasteiger partial charge in [0.1, 0.15) is 0 Å². The second-order valence-corrected chi connectivity index (χ2v) is 3.92. The minimum atomic E-state index is -0.537. The molecule has 0 unspecified atom stereocenters. The van der Waals surface area contributed by atoms with E-state index >= 15 is 0 Å². The summed E-state index contributed by atoms with van der Waals surface area (Å²) < 4.78 is 0. The molecule has 0 heterocycles. The number of amides is 1. The van der Waals surface area contributed by atoms with Gasteiger partial charge in [-0.1, -0.05) is 12.3 Å². The zero-order valence-electron chi connectivity index (χ0n) is 9.10. The largest absolute Gasteiger partial charge is 0.340 e. The first-order chi connectivity index (χ1) is 6.52. The molecule has 0 aliphatic heterocycles. The summed E-state index contributed by atoms with van der Waals surface area (Å²) in [6, 6.07) is 0. The maximum absolute atomic E-state index is 11.3. The number of carbonyl (C=O) groups excluding carboxylic acids is 1. The summed E-state index contributed by atoms with van der Waals surface area (Å²) in [6.07, 6.45) is 8.64. The Labute approximate surface area is 86.4 Å². The van der Waals surface area contributed by atoms with Gasteiger partial charge < -0.3 is 11.1 Å². The predicted octanol–water partition coefficient (Wildman–Crippen LogP) is 1.03. The molecule has 0 aromatic rings. The van der Waals surface area contributed by atoms with Crippen molar-refractivity contribution in [2.75, 3.05) is 6.54 Å². The van der Waals surface area contributed by atoms with E-state index in [1.807, 2.05) is 13.8 Å². The van der Waals surface area contributed by atoms with Gasteiger partial charge in [-0.25, -0.2) is 0 Å². The zero-order chi connectivity index (χ0) is 11.0. The van der Waals surface area contributed by atoms with Crippen molar-refractivity contribution in [2.24, 2.45) is 5.73 Å². The number of hydrogen-bond donors (Lipinski definition) is 2. The lowest BCUT2D eigenvalue weighted by atomic mass is 10.1. The topological polar surface area (TPSA) is 55.1 Å². The van der Waals surface area contributed by atoms with Crippen LogP contribution in [-0.4, -0.2) is 18.0 Å². The molecule has 0 radical (unpaired) electrons. The Kier molecular flexibility index (Phi) is 5.98. The molecule has 0 fully saturated rings. The summed E-state index contributed by atoms with van der Waals surface area (Å²) in [4.78, 5) is 11.3. The van der Waals surface area contributed by atoms with Gasteiger partial charge in [0.2, 0.25) is 5.91 Å². The van der Waals surface area contributed by atoms with Crippen LogP contribution in [0.25, 0.3) is 0 Å². The fraction of sp³-hybridized carbons (Fsp3) is 0.727. The smallest absolute Gasteiger partial charge is 0.221 e. The van der Waals surface area contributed by atoms with Crippen LogP contribution in [0.15, 0.2) is 0 Å². The number of hydrogen-bond acceptors (Lipinski definition) is 2. The number of nitrogens with two attached hydrogens (primary N) is 1. The van der Waals surface area contributed by atoms with E-state index in [1.165, 1.54) is 0 Å². The number of unbranched alkanes of at least 4 members (excludes halogenated alkanes) is 2. The quantitative estimate of drug-likeness (QED) is 0.492. The molecule has 0 atom stereocenters. The summed E-state index contributed by atoms with van der Waals surface area (Å²) in [5.41, 5.74) is 4.80. The molecule has 0 aromatic carbocycles. The van der Waals surface area contributed by atoms with Crippen LogP contribution < -0.4 is 11.1 Å². The van der Waals surface area contributed by atoms with Gasteiger partial charge >= 0.3 is 0 Å². The standard InChI is InChI=1S/C11H20N2O/c1-4-11(2,3)13-10(14)8-6-5-7-9-12/h1H,5-9,12H2,2-3H3,(H,13,14). The molecule has 0 aromatic heterocycles. The molecule has 80 valence electrons. The van der Waals surface area contributed by atoms with Gasteiger partial charge in [-0.15, -0.1) is 6.42 Å². The second kappa shape index (κ2) is 6.44. The maximum atomic E-state index is 11.3. The number of terminal acetylenes is 1. The molecule has 3 heteroatoms. The molecule has 0 aliphatic carbocycles. The van der Waals surface area contributed by atoms with Crippen molar-refractivity contribution in [3.8, 4) is 12.3 Å². The average Bonchev–Trinajstić information content (AvgIpc) is 2.12.